The molecule has 4 nitrogen and oxygen atoms in total. The highest BCUT2D eigenvalue weighted by Crippen LogP contribution is 2.57. The predicted octanol–water partition coefficient (Wildman–Crippen LogP) is 0.272. The molecule has 0 aromatic carbocycles. The van der Waals surface area contributed by atoms with Crippen molar-refractivity contribution in [2.75, 3.05) is 14.1 Å². The van der Waals surface area contributed by atoms with Gasteiger partial charge >= 0.3 is 5.97 Å². The number of hydrogen-bond acceptors (Lipinski definition) is 3. The standard InChI is InChI=1S/C11H15NO3/c1-12(2)10(13)8-5-3-6-7(4-5)15-11(14)9(6)8/h5-9H,3-4H2,1-2H3/t5-,6-,7+,8-,9-/m0/s1. The van der Waals surface area contributed by atoms with Crippen LogP contribution in [-0.2, 0) is 14.3 Å². The molecule has 2 saturated carbocycles. The molecule has 2 aliphatic carbocycles. The van der Waals surface area contributed by atoms with Gasteiger partial charge in [0, 0.05) is 20.0 Å². The van der Waals surface area contributed by atoms with Crippen molar-refractivity contribution >= 4 is 11.9 Å². The molecule has 3 rings (SSSR count). The van der Waals surface area contributed by atoms with Crippen LogP contribution >= 0.6 is 0 Å². The summed E-state index contributed by atoms with van der Waals surface area (Å²) in [6.45, 7) is 0. The average molecular weight is 209 g/mol. The smallest absolute Gasteiger partial charge is 0.310 e. The first kappa shape index (κ1) is 9.19. The van der Waals surface area contributed by atoms with Crippen LogP contribution < -0.4 is 0 Å². The van der Waals surface area contributed by atoms with E-state index in [1.165, 1.54) is 0 Å². The highest BCUT2D eigenvalue weighted by atomic mass is 16.6. The second-order valence-corrected chi connectivity index (χ2v) is 5.15. The molecule has 0 N–H and O–H groups in total. The Bertz CT molecular complexity index is 337. The van der Waals surface area contributed by atoms with E-state index in [0.717, 1.165) is 12.8 Å². The van der Waals surface area contributed by atoms with Crippen LogP contribution in [0, 0.1) is 23.7 Å². The number of esters is 1. The molecule has 15 heavy (non-hydrogen) atoms. The van der Waals surface area contributed by atoms with Gasteiger partial charge in [-0.15, -0.1) is 0 Å². The summed E-state index contributed by atoms with van der Waals surface area (Å²) in [5, 5.41) is 0. The maximum atomic E-state index is 12.0. The number of amides is 1. The van der Waals surface area contributed by atoms with Crippen LogP contribution in [0.1, 0.15) is 12.8 Å². The Kier molecular flexibility index (Phi) is 1.68. The Labute approximate surface area is 88.6 Å². The minimum Gasteiger partial charge on any atom is -0.462 e. The minimum absolute atomic E-state index is 0.101. The second kappa shape index (κ2) is 2.74. The lowest BCUT2D eigenvalue weighted by Gasteiger charge is -2.26. The van der Waals surface area contributed by atoms with E-state index in [-0.39, 0.29) is 29.8 Å². The third-order valence-electron chi connectivity index (χ3n) is 4.21. The predicted molar refractivity (Wildman–Crippen MR) is 51.8 cm³/mol. The van der Waals surface area contributed by atoms with Crippen molar-refractivity contribution in [2.24, 2.45) is 23.7 Å². The molecule has 0 aromatic heterocycles. The summed E-state index contributed by atoms with van der Waals surface area (Å²) in [7, 11) is 3.51. The number of carbonyl (C=O) groups is 2. The number of ether oxygens (including phenoxy) is 1. The van der Waals surface area contributed by atoms with Gasteiger partial charge < -0.3 is 9.64 Å². The first-order valence-electron chi connectivity index (χ1n) is 5.51. The summed E-state index contributed by atoms with van der Waals surface area (Å²) in [5.74, 6) is 0.442. The molecular weight excluding hydrogens is 194 g/mol. The fourth-order valence-electron chi connectivity index (χ4n) is 3.64. The number of rotatable bonds is 1. The first-order chi connectivity index (χ1) is 7.09. The molecule has 5 atom stereocenters. The van der Waals surface area contributed by atoms with E-state index in [2.05, 4.69) is 0 Å². The SMILES string of the molecule is CN(C)C(=O)[C@H]1[C@H]2C[C@@H]3[C@@H]1C(=O)O[C@@H]3C2. The van der Waals surface area contributed by atoms with E-state index in [4.69, 9.17) is 4.74 Å². The molecular formula is C11H15NO3. The summed E-state index contributed by atoms with van der Waals surface area (Å²) >= 11 is 0. The molecule has 0 spiro atoms. The normalized spacial score (nSPS) is 45.7. The van der Waals surface area contributed by atoms with Crippen molar-refractivity contribution < 1.29 is 14.3 Å². The Morgan fingerprint density at radius 2 is 2.13 bits per heavy atom. The van der Waals surface area contributed by atoms with Gasteiger partial charge in [-0.2, -0.15) is 0 Å². The highest BCUT2D eigenvalue weighted by Gasteiger charge is 2.64. The van der Waals surface area contributed by atoms with E-state index < -0.39 is 0 Å². The lowest BCUT2D eigenvalue weighted by molar-refractivity contribution is -0.147. The average Bonchev–Trinajstić information content (AvgIpc) is 2.75. The molecule has 2 bridgehead atoms. The molecule has 4 heteroatoms. The van der Waals surface area contributed by atoms with Crippen molar-refractivity contribution in [3.05, 3.63) is 0 Å². The van der Waals surface area contributed by atoms with Crippen molar-refractivity contribution in [2.45, 2.75) is 18.9 Å². The summed E-state index contributed by atoms with van der Waals surface area (Å²) in [6, 6.07) is 0. The van der Waals surface area contributed by atoms with E-state index in [9.17, 15) is 9.59 Å². The van der Waals surface area contributed by atoms with Gasteiger partial charge in [0.1, 0.15) is 6.10 Å². The lowest BCUT2D eigenvalue weighted by Crippen LogP contribution is -2.39. The number of hydrogen-bond donors (Lipinski definition) is 0. The van der Waals surface area contributed by atoms with Crippen LogP contribution in [0.5, 0.6) is 0 Å². The third kappa shape index (κ3) is 1.02. The van der Waals surface area contributed by atoms with Crippen molar-refractivity contribution in [1.82, 2.24) is 4.90 Å². The summed E-state index contributed by atoms with van der Waals surface area (Å²) in [5.41, 5.74) is 0. The molecule has 0 unspecified atom stereocenters. The Morgan fingerprint density at radius 3 is 2.80 bits per heavy atom. The monoisotopic (exact) mass is 209 g/mol. The maximum absolute atomic E-state index is 12.0. The van der Waals surface area contributed by atoms with Crippen LogP contribution in [-0.4, -0.2) is 37.0 Å². The van der Waals surface area contributed by atoms with Gasteiger partial charge in [0.05, 0.1) is 11.8 Å². The van der Waals surface area contributed by atoms with Gasteiger partial charge in [-0.05, 0) is 18.8 Å². The topological polar surface area (TPSA) is 46.6 Å². The van der Waals surface area contributed by atoms with E-state index in [0.29, 0.717) is 11.8 Å². The second-order valence-electron chi connectivity index (χ2n) is 5.15. The Hall–Kier alpha value is -1.06. The molecule has 1 heterocycles. The largest absolute Gasteiger partial charge is 0.462 e. The zero-order valence-corrected chi connectivity index (χ0v) is 8.97. The van der Waals surface area contributed by atoms with Gasteiger partial charge in [0.15, 0.2) is 0 Å². The molecule has 0 aromatic rings. The maximum Gasteiger partial charge on any atom is 0.310 e. The molecule has 3 aliphatic rings. The van der Waals surface area contributed by atoms with Crippen molar-refractivity contribution in [3.63, 3.8) is 0 Å². The fourth-order valence-corrected chi connectivity index (χ4v) is 3.64. The number of nitrogens with zero attached hydrogens (tertiary/aromatic N) is 1. The lowest BCUT2D eigenvalue weighted by atomic mass is 9.79. The quantitative estimate of drug-likeness (QED) is 0.582. The van der Waals surface area contributed by atoms with Gasteiger partial charge in [0.2, 0.25) is 5.91 Å². The van der Waals surface area contributed by atoms with Crippen molar-refractivity contribution in [1.29, 1.82) is 0 Å². The van der Waals surface area contributed by atoms with Crippen LogP contribution in [0.15, 0.2) is 0 Å². The van der Waals surface area contributed by atoms with Crippen LogP contribution in [0.4, 0.5) is 0 Å². The molecule has 0 radical (unpaired) electrons. The van der Waals surface area contributed by atoms with Crippen molar-refractivity contribution in [3.8, 4) is 0 Å². The summed E-state index contributed by atoms with van der Waals surface area (Å²) in [6.07, 6.45) is 2.03. The third-order valence-corrected chi connectivity index (χ3v) is 4.21. The molecule has 3 fully saturated rings. The van der Waals surface area contributed by atoms with Crippen LogP contribution in [0.2, 0.25) is 0 Å². The van der Waals surface area contributed by atoms with E-state index in [1.54, 1.807) is 19.0 Å². The van der Waals surface area contributed by atoms with Crippen LogP contribution in [0.25, 0.3) is 0 Å². The molecule has 82 valence electrons. The number of carbonyl (C=O) groups excluding carboxylic acids is 2. The highest BCUT2D eigenvalue weighted by molar-refractivity contribution is 5.88. The summed E-state index contributed by atoms with van der Waals surface area (Å²) < 4.78 is 5.29. The molecule has 1 saturated heterocycles. The molecule has 1 aliphatic heterocycles. The zero-order valence-electron chi connectivity index (χ0n) is 8.97. The van der Waals surface area contributed by atoms with Crippen LogP contribution in [0.3, 0.4) is 0 Å². The first-order valence-corrected chi connectivity index (χ1v) is 5.51. The Morgan fingerprint density at radius 1 is 1.40 bits per heavy atom. The Balaban J connectivity index is 1.92. The molecule has 1 amide bonds. The fraction of sp³-hybridized carbons (Fsp3) is 0.818. The van der Waals surface area contributed by atoms with E-state index in [1.807, 2.05) is 0 Å². The minimum atomic E-state index is -0.136. The van der Waals surface area contributed by atoms with Gasteiger partial charge in [-0.1, -0.05) is 0 Å². The van der Waals surface area contributed by atoms with Gasteiger partial charge in [0.25, 0.3) is 0 Å². The zero-order chi connectivity index (χ0) is 10.7. The number of fused-ring (bicyclic) bond motifs is 1. The van der Waals surface area contributed by atoms with Gasteiger partial charge in [-0.3, -0.25) is 9.59 Å². The van der Waals surface area contributed by atoms with E-state index >= 15 is 0 Å². The van der Waals surface area contributed by atoms with Gasteiger partial charge in [-0.25, -0.2) is 0 Å². The summed E-state index contributed by atoms with van der Waals surface area (Å²) in [4.78, 5) is 25.2.